The summed E-state index contributed by atoms with van der Waals surface area (Å²) < 4.78 is 0. The maximum absolute atomic E-state index is 11.0. The van der Waals surface area contributed by atoms with E-state index in [0.717, 1.165) is 31.1 Å². The molecule has 4 aliphatic carbocycles. The Hall–Kier alpha value is -0.120. The summed E-state index contributed by atoms with van der Waals surface area (Å²) in [6.45, 7) is 7.39. The topological polar surface area (TPSA) is 60.7 Å². The summed E-state index contributed by atoms with van der Waals surface area (Å²) in [5.41, 5.74) is 0.0749. The third-order valence-corrected chi connectivity index (χ3v) is 10.2. The van der Waals surface area contributed by atoms with Crippen LogP contribution >= 0.6 is 0 Å². The van der Waals surface area contributed by atoms with Crippen LogP contribution in [0.3, 0.4) is 0 Å². The van der Waals surface area contributed by atoms with E-state index in [0.29, 0.717) is 42.1 Å². The van der Waals surface area contributed by atoms with Gasteiger partial charge in [0.05, 0.1) is 0 Å². The van der Waals surface area contributed by atoms with E-state index < -0.39 is 5.79 Å². The van der Waals surface area contributed by atoms with Gasteiger partial charge in [0.2, 0.25) is 0 Å². The van der Waals surface area contributed by atoms with Crippen LogP contribution < -0.4 is 0 Å². The van der Waals surface area contributed by atoms with Crippen molar-refractivity contribution in [2.24, 2.45) is 46.3 Å². The molecule has 4 fully saturated rings. The zero-order valence-corrected chi connectivity index (χ0v) is 17.1. The minimum Gasteiger partial charge on any atom is -0.396 e. The lowest BCUT2D eigenvalue weighted by atomic mass is 9.43. The van der Waals surface area contributed by atoms with Gasteiger partial charge in [-0.1, -0.05) is 20.8 Å². The van der Waals surface area contributed by atoms with Gasteiger partial charge >= 0.3 is 0 Å². The van der Waals surface area contributed by atoms with E-state index in [4.69, 9.17) is 0 Å². The fourth-order valence-corrected chi connectivity index (χ4v) is 8.74. The summed E-state index contributed by atoms with van der Waals surface area (Å²) >= 11 is 0. The van der Waals surface area contributed by atoms with Gasteiger partial charge in [0.1, 0.15) is 0 Å². The van der Waals surface area contributed by atoms with Gasteiger partial charge in [0, 0.05) is 18.4 Å². The molecule has 0 aromatic heterocycles. The van der Waals surface area contributed by atoms with Gasteiger partial charge < -0.3 is 15.3 Å². The van der Waals surface area contributed by atoms with Crippen molar-refractivity contribution >= 4 is 0 Å². The van der Waals surface area contributed by atoms with Crippen molar-refractivity contribution in [3.63, 3.8) is 0 Å². The predicted molar refractivity (Wildman–Crippen MR) is 103 cm³/mol. The van der Waals surface area contributed by atoms with E-state index >= 15 is 0 Å². The van der Waals surface area contributed by atoms with Crippen molar-refractivity contribution in [1.29, 1.82) is 0 Å². The number of rotatable bonds is 3. The molecule has 150 valence electrons. The normalized spacial score (nSPS) is 51.2. The molecule has 0 amide bonds. The Morgan fingerprint density at radius 1 is 0.923 bits per heavy atom. The second-order valence-electron chi connectivity index (χ2n) is 10.9. The predicted octanol–water partition coefficient (Wildman–Crippen LogP) is 4.34. The van der Waals surface area contributed by atoms with Gasteiger partial charge in [-0.3, -0.25) is 0 Å². The van der Waals surface area contributed by atoms with Gasteiger partial charge in [0.25, 0.3) is 0 Å². The van der Waals surface area contributed by atoms with E-state index in [9.17, 15) is 15.3 Å². The molecule has 0 radical (unpaired) electrons. The number of hydrogen-bond donors (Lipinski definition) is 3. The van der Waals surface area contributed by atoms with Crippen LogP contribution in [0.5, 0.6) is 0 Å². The van der Waals surface area contributed by atoms with Crippen LogP contribution in [-0.2, 0) is 0 Å². The van der Waals surface area contributed by atoms with Crippen molar-refractivity contribution in [3.05, 3.63) is 0 Å². The van der Waals surface area contributed by atoms with E-state index in [1.54, 1.807) is 0 Å². The molecule has 3 N–H and O–H groups in total. The van der Waals surface area contributed by atoms with Gasteiger partial charge in [-0.05, 0) is 98.7 Å². The van der Waals surface area contributed by atoms with E-state index in [2.05, 4.69) is 20.8 Å². The minimum absolute atomic E-state index is 0.307. The first-order valence-electron chi connectivity index (χ1n) is 11.3. The van der Waals surface area contributed by atoms with Crippen LogP contribution in [0.4, 0.5) is 0 Å². The number of aliphatic hydroxyl groups excluding tert-OH is 1. The molecule has 4 aliphatic rings. The molecule has 0 bridgehead atoms. The molecule has 26 heavy (non-hydrogen) atoms. The first-order chi connectivity index (χ1) is 12.3. The first kappa shape index (κ1) is 19.2. The van der Waals surface area contributed by atoms with Gasteiger partial charge in [-0.15, -0.1) is 0 Å². The average molecular weight is 365 g/mol. The lowest BCUT2D eigenvalue weighted by Crippen LogP contribution is -2.63. The lowest BCUT2D eigenvalue weighted by molar-refractivity contribution is -0.313. The van der Waals surface area contributed by atoms with Crippen LogP contribution in [0, 0.1) is 46.3 Å². The Kier molecular flexibility index (Phi) is 4.77. The lowest BCUT2D eigenvalue weighted by Gasteiger charge is -2.63. The van der Waals surface area contributed by atoms with Crippen LogP contribution in [-0.4, -0.2) is 27.7 Å². The van der Waals surface area contributed by atoms with Crippen LogP contribution in [0.1, 0.15) is 85.0 Å². The summed E-state index contributed by atoms with van der Waals surface area (Å²) in [6.07, 6.45) is 11.1. The van der Waals surface area contributed by atoms with E-state index in [-0.39, 0.29) is 5.41 Å². The number of aliphatic hydroxyl groups is 3. The van der Waals surface area contributed by atoms with Crippen molar-refractivity contribution in [2.75, 3.05) is 6.61 Å². The van der Waals surface area contributed by atoms with E-state index in [1.807, 2.05) is 0 Å². The van der Waals surface area contributed by atoms with Crippen molar-refractivity contribution < 1.29 is 15.3 Å². The van der Waals surface area contributed by atoms with Crippen molar-refractivity contribution in [3.8, 4) is 0 Å². The molecular weight excluding hydrogens is 324 g/mol. The maximum Gasteiger partial charge on any atom is 0.168 e. The number of fused-ring (bicyclic) bond motifs is 5. The van der Waals surface area contributed by atoms with Crippen LogP contribution in [0.15, 0.2) is 0 Å². The molecule has 0 saturated heterocycles. The molecule has 0 aromatic carbocycles. The maximum atomic E-state index is 11.0. The highest BCUT2D eigenvalue weighted by atomic mass is 16.5. The summed E-state index contributed by atoms with van der Waals surface area (Å²) in [7, 11) is 0. The number of hydrogen-bond acceptors (Lipinski definition) is 3. The Morgan fingerprint density at radius 3 is 2.42 bits per heavy atom. The molecule has 0 heterocycles. The minimum atomic E-state index is -1.48. The van der Waals surface area contributed by atoms with Gasteiger partial charge in [-0.2, -0.15) is 0 Å². The molecule has 4 saturated carbocycles. The molecule has 3 nitrogen and oxygen atoms in total. The fraction of sp³-hybridized carbons (Fsp3) is 1.00. The smallest absolute Gasteiger partial charge is 0.168 e. The average Bonchev–Trinajstić information content (AvgIpc) is 2.93. The van der Waals surface area contributed by atoms with Gasteiger partial charge in [-0.25, -0.2) is 0 Å². The largest absolute Gasteiger partial charge is 0.396 e. The molecular formula is C23H40O3. The third-order valence-electron chi connectivity index (χ3n) is 10.2. The van der Waals surface area contributed by atoms with Crippen molar-refractivity contribution in [2.45, 2.75) is 90.8 Å². The second-order valence-corrected chi connectivity index (χ2v) is 10.9. The fourth-order valence-electron chi connectivity index (χ4n) is 8.74. The summed E-state index contributed by atoms with van der Waals surface area (Å²) in [5, 5.41) is 31.5. The zero-order chi connectivity index (χ0) is 18.7. The van der Waals surface area contributed by atoms with Gasteiger partial charge in [0.15, 0.2) is 5.79 Å². The monoisotopic (exact) mass is 364 g/mol. The highest BCUT2D eigenvalue weighted by molar-refractivity contribution is 5.12. The quantitative estimate of drug-likeness (QED) is 0.653. The highest BCUT2D eigenvalue weighted by Crippen LogP contribution is 2.69. The van der Waals surface area contributed by atoms with Crippen molar-refractivity contribution in [1.82, 2.24) is 0 Å². The zero-order valence-electron chi connectivity index (χ0n) is 17.1. The Morgan fingerprint density at radius 2 is 1.69 bits per heavy atom. The molecule has 8 atom stereocenters. The molecule has 0 unspecified atom stereocenters. The second kappa shape index (κ2) is 6.46. The van der Waals surface area contributed by atoms with Crippen LogP contribution in [0.2, 0.25) is 0 Å². The molecule has 0 aliphatic heterocycles. The standard InChI is InChI=1S/C23H40O3/c1-15(11-14-24)18-8-9-19-17-7-6-16-5-4-12-23(25,26)22(16,3)20(17)10-13-21(18,19)2/h15-20,24-26H,4-14H2,1-3H3/t15-,16+,17+,18-,19+,20+,21-,22+/m1/s1. The molecule has 0 aromatic rings. The Labute approximate surface area is 159 Å². The third kappa shape index (κ3) is 2.49. The highest BCUT2D eigenvalue weighted by Gasteiger charge is 2.65. The summed E-state index contributed by atoms with van der Waals surface area (Å²) in [6, 6.07) is 0. The Balaban J connectivity index is 1.62. The summed E-state index contributed by atoms with van der Waals surface area (Å²) in [4.78, 5) is 0. The first-order valence-corrected chi connectivity index (χ1v) is 11.3. The van der Waals surface area contributed by atoms with E-state index in [1.165, 1.54) is 38.5 Å². The Bertz CT molecular complexity index is 532. The molecule has 4 rings (SSSR count). The molecule has 0 spiro atoms. The SMILES string of the molecule is C[C@H](CCO)[C@H]1CC[C@H]2[C@@H]3CC[C@@H]4CCCC(O)(O)[C@]4(C)[C@H]3CC[C@]12C. The summed E-state index contributed by atoms with van der Waals surface area (Å²) in [5.74, 6) is 2.22. The van der Waals surface area contributed by atoms with Crippen LogP contribution in [0.25, 0.3) is 0 Å². The molecule has 3 heteroatoms.